The van der Waals surface area contributed by atoms with Gasteiger partial charge in [0.15, 0.2) is 0 Å². The summed E-state index contributed by atoms with van der Waals surface area (Å²) < 4.78 is 0. The first-order valence-corrected chi connectivity index (χ1v) is 8.93. The van der Waals surface area contributed by atoms with Crippen LogP contribution in [0.4, 0.5) is 0 Å². The van der Waals surface area contributed by atoms with Crippen molar-refractivity contribution in [3.05, 3.63) is 30.3 Å². The fourth-order valence-electron chi connectivity index (χ4n) is 3.31. The minimum atomic E-state index is -0.585. The Morgan fingerprint density at radius 2 is 1.90 bits per heavy atom. The third-order valence-corrected chi connectivity index (χ3v) is 5.99. The summed E-state index contributed by atoms with van der Waals surface area (Å²) in [4.78, 5) is 13.0. The molecule has 0 spiro atoms. The molecule has 0 atom stereocenters. The van der Waals surface area contributed by atoms with E-state index in [0.29, 0.717) is 11.8 Å². The second kappa shape index (κ2) is 7.35. The molecule has 0 saturated heterocycles. The van der Waals surface area contributed by atoms with Gasteiger partial charge in [-0.3, -0.25) is 4.79 Å². The highest BCUT2D eigenvalue weighted by molar-refractivity contribution is 7.99. The van der Waals surface area contributed by atoms with Gasteiger partial charge in [0, 0.05) is 4.90 Å². The second-order valence-electron chi connectivity index (χ2n) is 6.58. The van der Waals surface area contributed by atoms with Gasteiger partial charge in [-0.25, -0.2) is 0 Å². The summed E-state index contributed by atoms with van der Waals surface area (Å²) in [5.74, 6) is 1.69. The van der Waals surface area contributed by atoms with Crippen molar-refractivity contribution in [2.24, 2.45) is 17.3 Å². The molecule has 0 amide bonds. The van der Waals surface area contributed by atoms with Crippen LogP contribution in [0.2, 0.25) is 0 Å². The predicted octanol–water partition coefficient (Wildman–Crippen LogP) is 5.09. The van der Waals surface area contributed by atoms with Gasteiger partial charge in [0.25, 0.3) is 0 Å². The molecule has 1 aromatic rings. The molecule has 1 saturated carbocycles. The molecule has 0 unspecified atom stereocenters. The van der Waals surface area contributed by atoms with E-state index in [1.165, 1.54) is 4.90 Å². The van der Waals surface area contributed by atoms with Crippen LogP contribution >= 0.6 is 11.8 Å². The van der Waals surface area contributed by atoms with Crippen molar-refractivity contribution in [3.63, 3.8) is 0 Å². The third kappa shape index (κ3) is 4.26. The summed E-state index contributed by atoms with van der Waals surface area (Å²) in [6.45, 7) is 4.51. The van der Waals surface area contributed by atoms with E-state index in [1.807, 2.05) is 18.2 Å². The summed E-state index contributed by atoms with van der Waals surface area (Å²) in [6.07, 6.45) is 4.62. The minimum absolute atomic E-state index is 0.479. The van der Waals surface area contributed by atoms with Crippen LogP contribution in [0, 0.1) is 17.3 Å². The molecule has 0 aliphatic heterocycles. The number of hydrogen-bond acceptors (Lipinski definition) is 2. The van der Waals surface area contributed by atoms with E-state index in [1.54, 1.807) is 11.8 Å². The van der Waals surface area contributed by atoms with Crippen LogP contribution < -0.4 is 0 Å². The summed E-state index contributed by atoms with van der Waals surface area (Å²) >= 11 is 1.77. The molecule has 1 aliphatic carbocycles. The van der Waals surface area contributed by atoms with Crippen molar-refractivity contribution >= 4 is 17.7 Å². The molecule has 1 aromatic carbocycles. The summed E-state index contributed by atoms with van der Waals surface area (Å²) in [6, 6.07) is 10.3. The number of carboxylic acids is 1. The molecule has 1 N–H and O–H groups in total. The summed E-state index contributed by atoms with van der Waals surface area (Å²) in [7, 11) is 0. The Bertz CT molecular complexity index is 448. The summed E-state index contributed by atoms with van der Waals surface area (Å²) in [5, 5.41) is 9.70. The molecule has 2 nitrogen and oxygen atoms in total. The van der Waals surface area contributed by atoms with Gasteiger partial charge in [0.05, 0.1) is 5.41 Å². The topological polar surface area (TPSA) is 37.3 Å². The zero-order chi connectivity index (χ0) is 15.3. The first kappa shape index (κ1) is 16.4. The Balaban J connectivity index is 1.89. The molecule has 1 aliphatic rings. The molecule has 116 valence electrons. The number of carbonyl (C=O) groups is 1. The number of aliphatic carboxylic acids is 1. The quantitative estimate of drug-likeness (QED) is 0.744. The van der Waals surface area contributed by atoms with E-state index >= 15 is 0 Å². The molecule has 2 rings (SSSR count). The number of hydrogen-bond donors (Lipinski definition) is 1. The van der Waals surface area contributed by atoms with Gasteiger partial charge in [-0.1, -0.05) is 32.0 Å². The maximum atomic E-state index is 11.8. The fourth-order valence-corrected chi connectivity index (χ4v) is 4.39. The second-order valence-corrected chi connectivity index (χ2v) is 7.75. The maximum absolute atomic E-state index is 11.8. The van der Waals surface area contributed by atoms with Crippen molar-refractivity contribution in [2.75, 3.05) is 5.75 Å². The molecule has 3 heteroatoms. The molecule has 1 fully saturated rings. The summed E-state index contributed by atoms with van der Waals surface area (Å²) in [5.41, 5.74) is -0.479. The highest BCUT2D eigenvalue weighted by Crippen LogP contribution is 2.44. The van der Waals surface area contributed by atoms with E-state index in [4.69, 9.17) is 0 Å². The van der Waals surface area contributed by atoms with E-state index in [9.17, 15) is 9.90 Å². The van der Waals surface area contributed by atoms with Crippen molar-refractivity contribution in [1.82, 2.24) is 0 Å². The zero-order valence-corrected chi connectivity index (χ0v) is 13.9. The molecular formula is C18H26O2S. The van der Waals surface area contributed by atoms with Gasteiger partial charge in [-0.2, -0.15) is 0 Å². The molecule has 21 heavy (non-hydrogen) atoms. The average molecular weight is 306 g/mol. The highest BCUT2D eigenvalue weighted by atomic mass is 32.2. The van der Waals surface area contributed by atoms with Crippen LogP contribution in [0.25, 0.3) is 0 Å². The minimum Gasteiger partial charge on any atom is -0.481 e. The Morgan fingerprint density at radius 3 is 2.43 bits per heavy atom. The average Bonchev–Trinajstić information content (AvgIpc) is 2.48. The van der Waals surface area contributed by atoms with Crippen molar-refractivity contribution in [3.8, 4) is 0 Å². The first-order chi connectivity index (χ1) is 10.0. The standard InChI is InChI=1S/C18H26O2S/c1-14(2)15-8-10-18(11-9-15,17(19)20)12-13-21-16-6-4-3-5-7-16/h3-7,14-15H,8-13H2,1-2H3,(H,19,20). The molecule has 0 aromatic heterocycles. The first-order valence-electron chi connectivity index (χ1n) is 7.95. The largest absolute Gasteiger partial charge is 0.481 e. The Hall–Kier alpha value is -0.960. The van der Waals surface area contributed by atoms with Crippen LogP contribution in [0.3, 0.4) is 0 Å². The lowest BCUT2D eigenvalue weighted by atomic mass is 9.67. The Morgan fingerprint density at radius 1 is 1.29 bits per heavy atom. The fraction of sp³-hybridized carbons (Fsp3) is 0.611. The number of rotatable bonds is 6. The van der Waals surface area contributed by atoms with Gasteiger partial charge < -0.3 is 5.11 Å². The number of carboxylic acid groups (broad SMARTS) is 1. The highest BCUT2D eigenvalue weighted by Gasteiger charge is 2.41. The lowest BCUT2D eigenvalue weighted by Crippen LogP contribution is -2.37. The Labute approximate surface area is 132 Å². The van der Waals surface area contributed by atoms with Gasteiger partial charge in [0.2, 0.25) is 0 Å². The maximum Gasteiger partial charge on any atom is 0.309 e. The molecule has 0 radical (unpaired) electrons. The van der Waals surface area contributed by atoms with Gasteiger partial charge >= 0.3 is 5.97 Å². The monoisotopic (exact) mass is 306 g/mol. The van der Waals surface area contributed by atoms with Gasteiger partial charge in [-0.15, -0.1) is 11.8 Å². The normalized spacial score (nSPS) is 26.0. The van der Waals surface area contributed by atoms with Crippen LogP contribution in [0.1, 0.15) is 46.0 Å². The van der Waals surface area contributed by atoms with Crippen LogP contribution in [0.5, 0.6) is 0 Å². The van der Waals surface area contributed by atoms with E-state index < -0.39 is 11.4 Å². The lowest BCUT2D eigenvalue weighted by Gasteiger charge is -2.38. The lowest BCUT2D eigenvalue weighted by molar-refractivity contribution is -0.152. The van der Waals surface area contributed by atoms with Crippen LogP contribution in [-0.4, -0.2) is 16.8 Å². The SMILES string of the molecule is CC(C)C1CCC(CCSc2ccccc2)(C(=O)O)CC1. The van der Waals surface area contributed by atoms with Crippen molar-refractivity contribution < 1.29 is 9.90 Å². The predicted molar refractivity (Wildman–Crippen MR) is 88.6 cm³/mol. The van der Waals surface area contributed by atoms with E-state index in [-0.39, 0.29) is 0 Å². The number of benzene rings is 1. The van der Waals surface area contributed by atoms with Crippen molar-refractivity contribution in [2.45, 2.75) is 50.8 Å². The molecule has 0 bridgehead atoms. The Kier molecular flexibility index (Phi) is 5.74. The van der Waals surface area contributed by atoms with Crippen LogP contribution in [-0.2, 0) is 4.79 Å². The molecule has 0 heterocycles. The van der Waals surface area contributed by atoms with E-state index in [2.05, 4.69) is 26.0 Å². The van der Waals surface area contributed by atoms with Crippen molar-refractivity contribution in [1.29, 1.82) is 0 Å². The van der Waals surface area contributed by atoms with E-state index in [0.717, 1.165) is 37.9 Å². The smallest absolute Gasteiger partial charge is 0.309 e. The molecular weight excluding hydrogens is 280 g/mol. The zero-order valence-electron chi connectivity index (χ0n) is 13.0. The van der Waals surface area contributed by atoms with Gasteiger partial charge in [-0.05, 0) is 61.8 Å². The number of thioether (sulfide) groups is 1. The van der Waals surface area contributed by atoms with Gasteiger partial charge in [0.1, 0.15) is 0 Å². The third-order valence-electron chi connectivity index (χ3n) is 4.98. The van der Waals surface area contributed by atoms with Crippen LogP contribution in [0.15, 0.2) is 35.2 Å².